The van der Waals surface area contributed by atoms with Crippen molar-refractivity contribution in [2.24, 2.45) is 0 Å². The molecule has 2 aromatic carbocycles. The van der Waals surface area contributed by atoms with E-state index in [0.717, 1.165) is 11.3 Å². The Morgan fingerprint density at radius 1 is 0.957 bits per heavy atom. The summed E-state index contributed by atoms with van der Waals surface area (Å²) in [6.07, 6.45) is 0. The monoisotopic (exact) mass is 337 g/mol. The van der Waals surface area contributed by atoms with E-state index >= 15 is 0 Å². The lowest BCUT2D eigenvalue weighted by atomic mass is 10.2. The number of hydrogen-bond acceptors (Lipinski definition) is 5. The summed E-state index contributed by atoms with van der Waals surface area (Å²) in [6.45, 7) is 2.49. The summed E-state index contributed by atoms with van der Waals surface area (Å²) in [5, 5.41) is 0. The Balaban J connectivity index is 1.92. The van der Waals surface area contributed by atoms with Gasteiger partial charge in [0.1, 0.15) is 11.5 Å². The molecule has 0 aliphatic heterocycles. The summed E-state index contributed by atoms with van der Waals surface area (Å²) < 4.78 is 34.5. The van der Waals surface area contributed by atoms with Crippen LogP contribution in [-0.4, -0.2) is 22.1 Å². The average molecular weight is 337 g/mol. The van der Waals surface area contributed by atoms with Crippen LogP contribution in [0, 0.1) is 0 Å². The topological polar surface area (TPSA) is 73.9 Å². The summed E-state index contributed by atoms with van der Waals surface area (Å²) in [5.41, 5.74) is 0.820. The standard InChI is InChI=1S/C16H19NO5S/c1-3-21-15-8-10-16(11-9-15)23(18,19)17-22-12-13-4-6-14(20-2)7-5-13/h4-11,17H,3,12H2,1-2H3. The fourth-order valence-corrected chi connectivity index (χ4v) is 2.65. The van der Waals surface area contributed by atoms with Crippen molar-refractivity contribution in [3.8, 4) is 11.5 Å². The molecule has 0 saturated carbocycles. The third kappa shape index (κ3) is 4.95. The molecule has 0 saturated heterocycles. The zero-order chi connectivity index (χ0) is 16.7. The van der Waals surface area contributed by atoms with Gasteiger partial charge in [-0.25, -0.2) is 8.42 Å². The highest BCUT2D eigenvalue weighted by atomic mass is 32.2. The van der Waals surface area contributed by atoms with Crippen LogP contribution in [0.1, 0.15) is 12.5 Å². The van der Waals surface area contributed by atoms with Gasteiger partial charge < -0.3 is 9.47 Å². The third-order valence-corrected chi connectivity index (χ3v) is 4.24. The lowest BCUT2D eigenvalue weighted by Gasteiger charge is -2.09. The first kappa shape index (κ1) is 17.3. The third-order valence-electron chi connectivity index (χ3n) is 3.01. The molecule has 2 rings (SSSR count). The Bertz CT molecular complexity index is 711. The van der Waals surface area contributed by atoms with Gasteiger partial charge in [-0.05, 0) is 48.9 Å². The number of ether oxygens (including phenoxy) is 2. The molecule has 6 nitrogen and oxygen atoms in total. The molecular formula is C16H19NO5S. The van der Waals surface area contributed by atoms with Crippen LogP contribution >= 0.6 is 0 Å². The van der Waals surface area contributed by atoms with Gasteiger partial charge in [0.25, 0.3) is 10.0 Å². The molecule has 0 aliphatic carbocycles. The van der Waals surface area contributed by atoms with Gasteiger partial charge in [0.15, 0.2) is 0 Å². The van der Waals surface area contributed by atoms with Gasteiger partial charge in [0, 0.05) is 0 Å². The van der Waals surface area contributed by atoms with Crippen molar-refractivity contribution >= 4 is 10.0 Å². The van der Waals surface area contributed by atoms with Crippen LogP contribution in [-0.2, 0) is 21.5 Å². The highest BCUT2D eigenvalue weighted by Gasteiger charge is 2.14. The van der Waals surface area contributed by atoms with Crippen LogP contribution < -0.4 is 14.4 Å². The minimum Gasteiger partial charge on any atom is -0.497 e. The van der Waals surface area contributed by atoms with E-state index < -0.39 is 10.0 Å². The van der Waals surface area contributed by atoms with Gasteiger partial charge in [-0.15, -0.1) is 0 Å². The number of sulfonamides is 1. The van der Waals surface area contributed by atoms with Gasteiger partial charge in [0.2, 0.25) is 0 Å². The second kappa shape index (κ2) is 7.96. The van der Waals surface area contributed by atoms with E-state index in [-0.39, 0.29) is 11.5 Å². The smallest absolute Gasteiger partial charge is 0.262 e. The lowest BCUT2D eigenvalue weighted by molar-refractivity contribution is 0.0795. The molecule has 1 N–H and O–H groups in total. The highest BCUT2D eigenvalue weighted by molar-refractivity contribution is 7.89. The predicted octanol–water partition coefficient (Wildman–Crippen LogP) is 2.50. The first-order valence-electron chi connectivity index (χ1n) is 7.04. The lowest BCUT2D eigenvalue weighted by Crippen LogP contribution is -2.23. The normalized spacial score (nSPS) is 11.2. The summed E-state index contributed by atoms with van der Waals surface area (Å²) in [5.74, 6) is 1.34. The first-order valence-corrected chi connectivity index (χ1v) is 8.53. The van der Waals surface area contributed by atoms with Crippen molar-refractivity contribution in [1.29, 1.82) is 0 Å². The molecule has 124 valence electrons. The molecule has 0 atom stereocenters. The largest absolute Gasteiger partial charge is 0.497 e. The molecule has 2 aromatic rings. The molecule has 0 spiro atoms. The molecular weight excluding hydrogens is 318 g/mol. The zero-order valence-electron chi connectivity index (χ0n) is 13.0. The van der Waals surface area contributed by atoms with E-state index in [2.05, 4.69) is 4.89 Å². The highest BCUT2D eigenvalue weighted by Crippen LogP contribution is 2.16. The first-order chi connectivity index (χ1) is 11.0. The van der Waals surface area contributed by atoms with E-state index in [1.54, 1.807) is 43.5 Å². The van der Waals surface area contributed by atoms with E-state index in [1.165, 1.54) is 12.1 Å². The maximum atomic E-state index is 12.1. The maximum absolute atomic E-state index is 12.1. The molecule has 0 bridgehead atoms. The van der Waals surface area contributed by atoms with Crippen molar-refractivity contribution in [2.45, 2.75) is 18.4 Å². The Labute approximate surface area is 136 Å². The van der Waals surface area contributed by atoms with E-state index in [0.29, 0.717) is 12.4 Å². The average Bonchev–Trinajstić information content (AvgIpc) is 2.56. The molecule has 23 heavy (non-hydrogen) atoms. The maximum Gasteiger partial charge on any atom is 0.262 e. The fourth-order valence-electron chi connectivity index (χ4n) is 1.84. The second-order valence-corrected chi connectivity index (χ2v) is 6.27. The van der Waals surface area contributed by atoms with Crippen LogP contribution in [0.3, 0.4) is 0 Å². The Morgan fingerprint density at radius 3 is 2.13 bits per heavy atom. The fraction of sp³-hybridized carbons (Fsp3) is 0.250. The molecule has 0 heterocycles. The minimum absolute atomic E-state index is 0.107. The number of nitrogens with one attached hydrogen (secondary N) is 1. The molecule has 0 aromatic heterocycles. The Hall–Kier alpha value is -2.09. The molecule has 0 radical (unpaired) electrons. The molecule has 0 aliphatic rings. The zero-order valence-corrected chi connectivity index (χ0v) is 13.8. The summed E-state index contributed by atoms with van der Waals surface area (Å²) in [6, 6.07) is 13.3. The van der Waals surface area contributed by atoms with Crippen molar-refractivity contribution in [2.75, 3.05) is 13.7 Å². The molecule has 7 heteroatoms. The van der Waals surface area contributed by atoms with Crippen LogP contribution in [0.5, 0.6) is 11.5 Å². The Kier molecular flexibility index (Phi) is 5.97. The summed E-state index contributed by atoms with van der Waals surface area (Å²) in [4.78, 5) is 7.29. The van der Waals surface area contributed by atoms with Crippen molar-refractivity contribution in [3.63, 3.8) is 0 Å². The number of rotatable bonds is 8. The van der Waals surface area contributed by atoms with Gasteiger partial charge in [-0.3, -0.25) is 4.84 Å². The second-order valence-electron chi connectivity index (χ2n) is 4.63. The van der Waals surface area contributed by atoms with Crippen LogP contribution in [0.15, 0.2) is 53.4 Å². The van der Waals surface area contributed by atoms with Crippen LogP contribution in [0.2, 0.25) is 0 Å². The SMILES string of the molecule is CCOc1ccc(S(=O)(=O)NOCc2ccc(OC)cc2)cc1. The van der Waals surface area contributed by atoms with Crippen LogP contribution in [0.25, 0.3) is 0 Å². The summed E-state index contributed by atoms with van der Waals surface area (Å²) in [7, 11) is -2.15. The van der Waals surface area contributed by atoms with Gasteiger partial charge in [-0.1, -0.05) is 17.0 Å². The van der Waals surface area contributed by atoms with Crippen molar-refractivity contribution < 1.29 is 22.7 Å². The predicted molar refractivity (Wildman–Crippen MR) is 85.7 cm³/mol. The van der Waals surface area contributed by atoms with Gasteiger partial charge in [-0.2, -0.15) is 0 Å². The molecule has 0 amide bonds. The summed E-state index contributed by atoms with van der Waals surface area (Å²) >= 11 is 0. The van der Waals surface area contributed by atoms with E-state index in [9.17, 15) is 8.42 Å². The van der Waals surface area contributed by atoms with E-state index in [4.69, 9.17) is 14.3 Å². The van der Waals surface area contributed by atoms with E-state index in [1.807, 2.05) is 6.92 Å². The molecule has 0 fully saturated rings. The number of hydrogen-bond donors (Lipinski definition) is 1. The number of benzene rings is 2. The molecule has 0 unspecified atom stereocenters. The van der Waals surface area contributed by atoms with Gasteiger partial charge in [0.05, 0.1) is 25.2 Å². The van der Waals surface area contributed by atoms with Crippen molar-refractivity contribution in [3.05, 3.63) is 54.1 Å². The van der Waals surface area contributed by atoms with Crippen LogP contribution in [0.4, 0.5) is 0 Å². The minimum atomic E-state index is -3.73. The van der Waals surface area contributed by atoms with Gasteiger partial charge >= 0.3 is 0 Å². The number of methoxy groups -OCH3 is 1. The van der Waals surface area contributed by atoms with Crippen molar-refractivity contribution in [1.82, 2.24) is 4.89 Å². The quantitative estimate of drug-likeness (QED) is 0.749. The Morgan fingerprint density at radius 2 is 1.57 bits per heavy atom.